The third-order valence-electron chi connectivity index (χ3n) is 4.21. The number of ether oxygens (including phenoxy) is 1. The number of rotatable bonds is 6. The topological polar surface area (TPSA) is 93.5 Å². The summed E-state index contributed by atoms with van der Waals surface area (Å²) in [6.45, 7) is 5.67. The molecule has 0 bridgehead atoms. The molecule has 1 fully saturated rings. The molecule has 0 saturated carbocycles. The summed E-state index contributed by atoms with van der Waals surface area (Å²) in [6.07, 6.45) is 4.38. The first-order chi connectivity index (χ1) is 12.8. The molecular weight excluding hydrogens is 368 g/mol. The highest BCUT2D eigenvalue weighted by Gasteiger charge is 2.33. The summed E-state index contributed by atoms with van der Waals surface area (Å²) in [7, 11) is 0.0277. The van der Waals surface area contributed by atoms with E-state index in [1.165, 1.54) is 4.31 Å². The third-order valence-corrected chi connectivity index (χ3v) is 5.96. The Kier molecular flexibility index (Phi) is 5.78. The van der Waals surface area contributed by atoms with Gasteiger partial charge in [-0.2, -0.15) is 4.31 Å². The molecule has 1 aliphatic rings. The Morgan fingerprint density at radius 2 is 2.11 bits per heavy atom. The highest BCUT2D eigenvalue weighted by atomic mass is 32.2. The fraction of sp³-hybridized carbons (Fsp3) is 0.588. The largest absolute Gasteiger partial charge is 0.369 e. The number of imidazole rings is 1. The second-order valence-electron chi connectivity index (χ2n) is 7.20. The van der Waals surface area contributed by atoms with Crippen molar-refractivity contribution in [3.05, 3.63) is 30.5 Å². The van der Waals surface area contributed by atoms with Crippen molar-refractivity contribution in [2.75, 3.05) is 38.7 Å². The summed E-state index contributed by atoms with van der Waals surface area (Å²) in [5.41, 5.74) is 0.666. The van der Waals surface area contributed by atoms with Gasteiger partial charge in [0.1, 0.15) is 6.10 Å². The van der Waals surface area contributed by atoms with E-state index < -0.39 is 16.1 Å². The zero-order valence-electron chi connectivity index (χ0n) is 16.1. The summed E-state index contributed by atoms with van der Waals surface area (Å²) >= 11 is 0. The van der Waals surface area contributed by atoms with Gasteiger partial charge in [-0.3, -0.25) is 0 Å². The molecule has 1 saturated heterocycles. The van der Waals surface area contributed by atoms with Gasteiger partial charge in [0.05, 0.1) is 18.6 Å². The molecule has 0 aromatic carbocycles. The van der Waals surface area contributed by atoms with Crippen molar-refractivity contribution in [2.45, 2.75) is 31.5 Å². The van der Waals surface area contributed by atoms with E-state index in [4.69, 9.17) is 4.74 Å². The molecular formula is C17H26N6O3S. The molecule has 0 spiro atoms. The second kappa shape index (κ2) is 7.91. The van der Waals surface area contributed by atoms with Crippen LogP contribution in [0.1, 0.15) is 25.6 Å². The van der Waals surface area contributed by atoms with Crippen LogP contribution in [0, 0.1) is 5.92 Å². The molecule has 1 aliphatic heterocycles. The maximum absolute atomic E-state index is 13.0. The fourth-order valence-electron chi connectivity index (χ4n) is 2.91. The fourth-order valence-corrected chi connectivity index (χ4v) is 4.27. The van der Waals surface area contributed by atoms with Gasteiger partial charge in [0, 0.05) is 46.1 Å². The van der Waals surface area contributed by atoms with Crippen molar-refractivity contribution in [1.29, 1.82) is 0 Å². The van der Waals surface area contributed by atoms with E-state index in [0.717, 1.165) is 6.54 Å². The molecule has 148 valence electrons. The quantitative estimate of drug-likeness (QED) is 0.726. The number of hydrogen-bond donors (Lipinski definition) is 0. The molecule has 1 unspecified atom stereocenters. The number of sulfonamides is 1. The van der Waals surface area contributed by atoms with Crippen molar-refractivity contribution in [3.63, 3.8) is 0 Å². The number of hydrogen-bond acceptors (Lipinski definition) is 7. The van der Waals surface area contributed by atoms with Gasteiger partial charge in [-0.05, 0) is 12.0 Å². The molecule has 0 aliphatic carbocycles. The maximum Gasteiger partial charge on any atom is 0.262 e. The first-order valence-electron chi connectivity index (χ1n) is 8.91. The first kappa shape index (κ1) is 19.7. The Balaban J connectivity index is 1.79. The van der Waals surface area contributed by atoms with Crippen LogP contribution in [0.4, 0.5) is 5.95 Å². The Bertz CT molecular complexity index is 880. The van der Waals surface area contributed by atoms with Gasteiger partial charge in [-0.15, -0.1) is 0 Å². The average molecular weight is 395 g/mol. The molecule has 27 heavy (non-hydrogen) atoms. The lowest BCUT2D eigenvalue weighted by atomic mass is 10.2. The highest BCUT2D eigenvalue weighted by molar-refractivity contribution is 7.89. The smallest absolute Gasteiger partial charge is 0.262 e. The summed E-state index contributed by atoms with van der Waals surface area (Å²) in [5.74, 6) is 0.967. The van der Waals surface area contributed by atoms with E-state index in [0.29, 0.717) is 30.7 Å². The van der Waals surface area contributed by atoms with Gasteiger partial charge in [0.15, 0.2) is 5.03 Å². The van der Waals surface area contributed by atoms with Crippen LogP contribution in [-0.2, 0) is 21.3 Å². The van der Waals surface area contributed by atoms with E-state index in [9.17, 15) is 8.42 Å². The van der Waals surface area contributed by atoms with Crippen LogP contribution in [0.15, 0.2) is 29.8 Å². The number of nitrogens with zero attached hydrogens (tertiary/aromatic N) is 6. The van der Waals surface area contributed by atoms with Crippen LogP contribution in [0.3, 0.4) is 0 Å². The number of morpholine rings is 1. The number of aromatic nitrogens is 4. The molecule has 0 radical (unpaired) electrons. The SMILES string of the molecule is CC(C)Cn1cnc(S(=O)(=O)N2CCOC(c3ccnc(N(C)C)n3)C2)c1. The van der Waals surface area contributed by atoms with Crippen molar-refractivity contribution >= 4 is 16.0 Å². The van der Waals surface area contributed by atoms with Crippen molar-refractivity contribution in [2.24, 2.45) is 5.92 Å². The molecule has 2 aromatic rings. The standard InChI is InChI=1S/C17H26N6O3S/c1-13(2)9-22-11-16(19-12-22)27(24,25)23-7-8-26-15(10-23)14-5-6-18-17(20-14)21(3)4/h5-6,11-13,15H,7-10H2,1-4H3. The van der Waals surface area contributed by atoms with Crippen LogP contribution >= 0.6 is 0 Å². The minimum atomic E-state index is -3.68. The molecule has 1 atom stereocenters. The molecule has 3 heterocycles. The van der Waals surface area contributed by atoms with Gasteiger partial charge in [0.25, 0.3) is 10.0 Å². The van der Waals surface area contributed by atoms with Crippen LogP contribution in [0.5, 0.6) is 0 Å². The van der Waals surface area contributed by atoms with E-state index >= 15 is 0 Å². The summed E-state index contributed by atoms with van der Waals surface area (Å²) in [6, 6.07) is 1.76. The maximum atomic E-state index is 13.0. The second-order valence-corrected chi connectivity index (χ2v) is 9.09. The van der Waals surface area contributed by atoms with E-state index in [-0.39, 0.29) is 11.6 Å². The summed E-state index contributed by atoms with van der Waals surface area (Å²) in [5, 5.41) is 0.0699. The Morgan fingerprint density at radius 3 is 2.81 bits per heavy atom. The molecule has 9 nitrogen and oxygen atoms in total. The van der Waals surface area contributed by atoms with Crippen molar-refractivity contribution in [3.8, 4) is 0 Å². The molecule has 2 aromatic heterocycles. The summed E-state index contributed by atoms with van der Waals surface area (Å²) < 4.78 is 35.0. The van der Waals surface area contributed by atoms with Gasteiger partial charge in [-0.1, -0.05) is 13.8 Å². The highest BCUT2D eigenvalue weighted by Crippen LogP contribution is 2.25. The van der Waals surface area contributed by atoms with E-state index in [1.54, 1.807) is 29.7 Å². The summed E-state index contributed by atoms with van der Waals surface area (Å²) in [4.78, 5) is 14.6. The molecule has 10 heteroatoms. The van der Waals surface area contributed by atoms with Crippen LogP contribution in [0.25, 0.3) is 0 Å². The van der Waals surface area contributed by atoms with Crippen LogP contribution < -0.4 is 4.90 Å². The zero-order chi connectivity index (χ0) is 19.6. The molecule has 0 amide bonds. The number of anilines is 1. The molecule has 0 N–H and O–H groups in total. The normalized spacial score (nSPS) is 18.8. The van der Waals surface area contributed by atoms with Gasteiger partial charge in [-0.25, -0.2) is 23.4 Å². The Hall–Kier alpha value is -2.04. The predicted molar refractivity (Wildman–Crippen MR) is 101 cm³/mol. The third kappa shape index (κ3) is 4.45. The zero-order valence-corrected chi connectivity index (χ0v) is 16.9. The first-order valence-corrected chi connectivity index (χ1v) is 10.3. The van der Waals surface area contributed by atoms with Crippen molar-refractivity contribution in [1.82, 2.24) is 23.8 Å². The van der Waals surface area contributed by atoms with Crippen LogP contribution in [0.2, 0.25) is 0 Å². The predicted octanol–water partition coefficient (Wildman–Crippen LogP) is 1.16. The minimum absolute atomic E-state index is 0.0699. The van der Waals surface area contributed by atoms with E-state index in [2.05, 4.69) is 28.8 Å². The monoisotopic (exact) mass is 394 g/mol. The lowest BCUT2D eigenvalue weighted by Gasteiger charge is -2.31. The Labute approximate surface area is 160 Å². The van der Waals surface area contributed by atoms with Crippen LogP contribution in [-0.4, -0.2) is 66.0 Å². The Morgan fingerprint density at radius 1 is 1.33 bits per heavy atom. The van der Waals surface area contributed by atoms with Gasteiger partial charge in [0.2, 0.25) is 5.95 Å². The van der Waals surface area contributed by atoms with Gasteiger partial charge < -0.3 is 14.2 Å². The lowest BCUT2D eigenvalue weighted by Crippen LogP contribution is -2.42. The average Bonchev–Trinajstić information content (AvgIpc) is 3.10. The molecule has 3 rings (SSSR count). The minimum Gasteiger partial charge on any atom is -0.369 e. The van der Waals surface area contributed by atoms with Gasteiger partial charge >= 0.3 is 0 Å². The van der Waals surface area contributed by atoms with Crippen molar-refractivity contribution < 1.29 is 13.2 Å². The lowest BCUT2D eigenvalue weighted by molar-refractivity contribution is -0.00501. The van der Waals surface area contributed by atoms with E-state index in [1.807, 2.05) is 18.7 Å².